The summed E-state index contributed by atoms with van der Waals surface area (Å²) >= 11 is 0. The van der Waals surface area contributed by atoms with Crippen molar-refractivity contribution < 1.29 is 19.0 Å². The second kappa shape index (κ2) is 7.68. The number of halogens is 1. The molecule has 0 amide bonds. The molecule has 1 aromatic heterocycles. The van der Waals surface area contributed by atoms with E-state index in [1.54, 1.807) is 6.07 Å². The van der Waals surface area contributed by atoms with Crippen molar-refractivity contribution in [2.24, 2.45) is 0 Å². The van der Waals surface area contributed by atoms with Gasteiger partial charge in [0.15, 0.2) is 11.5 Å². The van der Waals surface area contributed by atoms with Crippen LogP contribution in [0.15, 0.2) is 46.0 Å². The summed E-state index contributed by atoms with van der Waals surface area (Å²) in [7, 11) is 3.05. The molecule has 3 aromatic rings. The van der Waals surface area contributed by atoms with Crippen LogP contribution < -0.4 is 26.0 Å². The number of aromatic hydroxyl groups is 1. The number of benzene rings is 2. The van der Waals surface area contributed by atoms with Crippen LogP contribution in [0.3, 0.4) is 0 Å². The van der Waals surface area contributed by atoms with Gasteiger partial charge in [-0.25, -0.2) is 13.8 Å². The number of hydrogen-bond donors (Lipinski definition) is 3. The van der Waals surface area contributed by atoms with Crippen molar-refractivity contribution in [2.45, 2.75) is 12.5 Å². The van der Waals surface area contributed by atoms with Crippen molar-refractivity contribution in [3.8, 4) is 23.1 Å². The zero-order chi connectivity index (χ0) is 21.4. The van der Waals surface area contributed by atoms with Crippen LogP contribution >= 0.6 is 0 Å². The van der Waals surface area contributed by atoms with E-state index >= 15 is 0 Å². The number of nitrogens with one attached hydrogen (secondary N) is 2. The van der Waals surface area contributed by atoms with Crippen LogP contribution in [-0.4, -0.2) is 35.4 Å². The van der Waals surface area contributed by atoms with Crippen LogP contribution in [0.1, 0.15) is 22.7 Å². The molecule has 1 aliphatic rings. The molecule has 30 heavy (non-hydrogen) atoms. The number of fused-ring (bicyclic) bond motifs is 1. The number of methoxy groups -OCH3 is 2. The maximum absolute atomic E-state index is 13.3. The zero-order valence-electron chi connectivity index (χ0n) is 16.4. The minimum Gasteiger partial charge on any atom is -0.494 e. The molecule has 2 aromatic carbocycles. The molecule has 0 radical (unpaired) electrons. The first-order valence-corrected chi connectivity index (χ1v) is 9.27. The van der Waals surface area contributed by atoms with Gasteiger partial charge in [0.1, 0.15) is 5.82 Å². The smallest absolute Gasteiger partial charge is 0.335 e. The summed E-state index contributed by atoms with van der Waals surface area (Å²) < 4.78 is 25.0. The Balaban J connectivity index is 1.93. The van der Waals surface area contributed by atoms with Gasteiger partial charge >= 0.3 is 5.69 Å². The fourth-order valence-corrected chi connectivity index (χ4v) is 3.77. The molecule has 3 N–H and O–H groups in total. The first kappa shape index (κ1) is 19.7. The van der Waals surface area contributed by atoms with Gasteiger partial charge in [0.05, 0.1) is 31.5 Å². The van der Waals surface area contributed by atoms with E-state index in [0.717, 1.165) is 27.8 Å². The molecule has 156 valence electrons. The molecule has 0 saturated heterocycles. The third-order valence-corrected chi connectivity index (χ3v) is 5.19. The molecule has 9 heteroatoms. The first-order chi connectivity index (χ1) is 14.4. The van der Waals surface area contributed by atoms with E-state index in [1.807, 2.05) is 6.07 Å². The predicted molar refractivity (Wildman–Crippen MR) is 107 cm³/mol. The maximum atomic E-state index is 13.3. The van der Waals surface area contributed by atoms with Crippen molar-refractivity contribution in [1.29, 1.82) is 0 Å². The molecule has 0 bridgehead atoms. The van der Waals surface area contributed by atoms with Gasteiger partial charge in [0, 0.05) is 6.54 Å². The van der Waals surface area contributed by atoms with Gasteiger partial charge in [-0.05, 0) is 53.9 Å². The molecular formula is C21H20FN3O5. The number of aromatic amines is 1. The van der Waals surface area contributed by atoms with Crippen LogP contribution in [-0.2, 0) is 6.42 Å². The van der Waals surface area contributed by atoms with Crippen LogP contribution in [0, 0.1) is 5.82 Å². The Morgan fingerprint density at radius 2 is 1.77 bits per heavy atom. The normalized spacial score (nSPS) is 15.5. The maximum Gasteiger partial charge on any atom is 0.335 e. The predicted octanol–water partition coefficient (Wildman–Crippen LogP) is 1.62. The molecule has 0 saturated carbocycles. The van der Waals surface area contributed by atoms with E-state index in [4.69, 9.17) is 9.47 Å². The molecule has 1 aliphatic heterocycles. The number of hydrogen-bond acceptors (Lipinski definition) is 6. The number of rotatable bonds is 4. The highest BCUT2D eigenvalue weighted by Crippen LogP contribution is 2.38. The topological polar surface area (TPSA) is 106 Å². The standard InChI is InChI=1S/C21H20FN3O5/c1-29-15-9-11-7-8-23-18(14(11)10-16(15)30-2)17-19(26)24-21(28)25(20(17)27)13-5-3-12(22)4-6-13/h3-6,9-10,18,23,27H,7-8H2,1-2H3,(H,24,26,28)/t18-/m1/s1. The monoisotopic (exact) mass is 413 g/mol. The lowest BCUT2D eigenvalue weighted by molar-refractivity contribution is 0.352. The molecule has 2 heterocycles. The highest BCUT2D eigenvalue weighted by molar-refractivity contribution is 5.53. The van der Waals surface area contributed by atoms with Gasteiger partial charge in [-0.1, -0.05) is 0 Å². The minimum atomic E-state index is -0.823. The number of ether oxygens (including phenoxy) is 2. The lowest BCUT2D eigenvalue weighted by Crippen LogP contribution is -2.38. The van der Waals surface area contributed by atoms with E-state index in [1.165, 1.54) is 26.4 Å². The molecule has 1 atom stereocenters. The Morgan fingerprint density at radius 1 is 1.10 bits per heavy atom. The second-order valence-corrected chi connectivity index (χ2v) is 6.85. The quantitative estimate of drug-likeness (QED) is 0.600. The average molecular weight is 413 g/mol. The lowest BCUT2D eigenvalue weighted by Gasteiger charge is -2.28. The van der Waals surface area contributed by atoms with E-state index in [-0.39, 0.29) is 11.3 Å². The number of nitrogens with zero attached hydrogens (tertiary/aromatic N) is 1. The largest absolute Gasteiger partial charge is 0.494 e. The molecule has 8 nitrogen and oxygen atoms in total. The lowest BCUT2D eigenvalue weighted by atomic mass is 9.90. The van der Waals surface area contributed by atoms with Crippen LogP contribution in [0.25, 0.3) is 5.69 Å². The van der Waals surface area contributed by atoms with E-state index < -0.39 is 29.0 Å². The van der Waals surface area contributed by atoms with Gasteiger partial charge in [-0.3, -0.25) is 9.78 Å². The SMILES string of the molecule is COc1cc2c(cc1OC)[C@H](c1c(O)n(-c3ccc(F)cc3)c(=O)[nH]c1=O)NCC2. The fraction of sp³-hybridized carbons (Fsp3) is 0.238. The van der Waals surface area contributed by atoms with Gasteiger partial charge < -0.3 is 19.9 Å². The van der Waals surface area contributed by atoms with Crippen molar-refractivity contribution in [3.63, 3.8) is 0 Å². The summed E-state index contributed by atoms with van der Waals surface area (Å²) in [5.74, 6) is 0.0365. The third-order valence-electron chi connectivity index (χ3n) is 5.19. The summed E-state index contributed by atoms with van der Waals surface area (Å²) in [6, 6.07) is 7.91. The molecule has 0 aliphatic carbocycles. The van der Waals surface area contributed by atoms with E-state index in [2.05, 4.69) is 10.3 Å². The van der Waals surface area contributed by atoms with E-state index in [0.29, 0.717) is 24.5 Å². The minimum absolute atomic E-state index is 0.0212. The Kier molecular flexibility index (Phi) is 5.04. The van der Waals surface area contributed by atoms with Gasteiger partial charge in [0.2, 0.25) is 5.88 Å². The Bertz CT molecular complexity index is 1220. The Hall–Kier alpha value is -3.59. The Morgan fingerprint density at radius 3 is 2.43 bits per heavy atom. The van der Waals surface area contributed by atoms with Gasteiger partial charge in [0.25, 0.3) is 5.56 Å². The van der Waals surface area contributed by atoms with Crippen LogP contribution in [0.5, 0.6) is 17.4 Å². The third kappa shape index (κ3) is 3.22. The Labute approximate surface area is 170 Å². The second-order valence-electron chi connectivity index (χ2n) is 6.85. The highest BCUT2D eigenvalue weighted by Gasteiger charge is 2.30. The van der Waals surface area contributed by atoms with Gasteiger partial charge in [-0.2, -0.15) is 0 Å². The summed E-state index contributed by atoms with van der Waals surface area (Å²) in [4.78, 5) is 27.4. The molecule has 0 unspecified atom stereocenters. The summed E-state index contributed by atoms with van der Waals surface area (Å²) in [6.45, 7) is 0.543. The fourth-order valence-electron chi connectivity index (χ4n) is 3.77. The number of H-pyrrole nitrogens is 1. The number of aromatic nitrogens is 2. The average Bonchev–Trinajstić information content (AvgIpc) is 2.73. The summed E-state index contributed by atoms with van der Waals surface area (Å²) in [5.41, 5.74) is 0.317. The van der Waals surface area contributed by atoms with Crippen molar-refractivity contribution in [2.75, 3.05) is 20.8 Å². The molecule has 0 spiro atoms. The van der Waals surface area contributed by atoms with Gasteiger partial charge in [-0.15, -0.1) is 0 Å². The van der Waals surface area contributed by atoms with Crippen LogP contribution in [0.4, 0.5) is 4.39 Å². The van der Waals surface area contributed by atoms with Crippen molar-refractivity contribution >= 4 is 0 Å². The highest BCUT2D eigenvalue weighted by atomic mass is 19.1. The summed E-state index contributed by atoms with van der Waals surface area (Å²) in [5, 5.41) is 14.1. The van der Waals surface area contributed by atoms with Crippen LogP contribution in [0.2, 0.25) is 0 Å². The van der Waals surface area contributed by atoms with E-state index in [9.17, 15) is 19.1 Å². The van der Waals surface area contributed by atoms with Crippen molar-refractivity contribution in [1.82, 2.24) is 14.9 Å². The molecular weight excluding hydrogens is 393 g/mol. The molecule has 4 rings (SSSR count). The zero-order valence-corrected chi connectivity index (χ0v) is 16.4. The molecule has 0 fully saturated rings. The summed E-state index contributed by atoms with van der Waals surface area (Å²) in [6.07, 6.45) is 0.683. The van der Waals surface area contributed by atoms with Crippen molar-refractivity contribution in [3.05, 3.63) is 79.7 Å². The first-order valence-electron chi connectivity index (χ1n) is 9.27.